The number of hydrogen-bond donors (Lipinski definition) is 2. The second-order valence-electron chi connectivity index (χ2n) is 6.47. The predicted octanol–water partition coefficient (Wildman–Crippen LogP) is 2.39. The number of aryl methyl sites for hydroxylation is 1. The lowest BCUT2D eigenvalue weighted by atomic mass is 10.1. The molecular formula is C20H23N3O4S. The summed E-state index contributed by atoms with van der Waals surface area (Å²) < 4.78 is 30.3. The average molecular weight is 401 g/mol. The van der Waals surface area contributed by atoms with E-state index < -0.39 is 10.0 Å². The van der Waals surface area contributed by atoms with Gasteiger partial charge >= 0.3 is 0 Å². The highest BCUT2D eigenvalue weighted by Crippen LogP contribution is 2.25. The summed E-state index contributed by atoms with van der Waals surface area (Å²) in [6.07, 6.45) is 0.570. The van der Waals surface area contributed by atoms with Crippen LogP contribution in [-0.4, -0.2) is 36.5 Å². The third-order valence-electron chi connectivity index (χ3n) is 4.21. The molecule has 0 spiro atoms. The number of aliphatic hydroxyl groups excluding tert-OH is 1. The maximum Gasteiger partial charge on any atom is 0.238 e. The number of ether oxygens (including phenoxy) is 1. The number of benzene rings is 2. The molecule has 7 nitrogen and oxygen atoms in total. The van der Waals surface area contributed by atoms with Crippen LogP contribution in [0.4, 0.5) is 0 Å². The van der Waals surface area contributed by atoms with E-state index in [0.717, 1.165) is 22.5 Å². The lowest BCUT2D eigenvalue weighted by molar-refractivity contribution is 0.102. The van der Waals surface area contributed by atoms with Crippen molar-refractivity contribution in [1.82, 2.24) is 9.78 Å². The number of sulfonamides is 1. The Balaban J connectivity index is 1.97. The van der Waals surface area contributed by atoms with Crippen LogP contribution in [0.25, 0.3) is 16.9 Å². The highest BCUT2D eigenvalue weighted by molar-refractivity contribution is 7.89. The van der Waals surface area contributed by atoms with E-state index >= 15 is 0 Å². The van der Waals surface area contributed by atoms with E-state index in [1.807, 2.05) is 37.3 Å². The van der Waals surface area contributed by atoms with Crippen molar-refractivity contribution in [3.63, 3.8) is 0 Å². The third kappa shape index (κ3) is 4.85. The Kier molecular flexibility index (Phi) is 6.25. The van der Waals surface area contributed by atoms with Crippen molar-refractivity contribution >= 4 is 10.0 Å². The summed E-state index contributed by atoms with van der Waals surface area (Å²) in [4.78, 5) is 0.0489. The zero-order chi connectivity index (χ0) is 20.1. The Morgan fingerprint density at radius 1 is 1.11 bits per heavy atom. The van der Waals surface area contributed by atoms with Crippen LogP contribution in [-0.2, 0) is 21.4 Å². The molecule has 0 aliphatic carbocycles. The SMILES string of the molecule is Cc1ccc(-c2cc(COCCCO)nn2-c2ccc(S(N)(=O)=O)cc2)cc1. The molecule has 0 atom stereocenters. The van der Waals surface area contributed by atoms with Gasteiger partial charge in [-0.1, -0.05) is 29.8 Å². The van der Waals surface area contributed by atoms with Gasteiger partial charge in [-0.25, -0.2) is 18.2 Å². The van der Waals surface area contributed by atoms with E-state index in [4.69, 9.17) is 15.0 Å². The van der Waals surface area contributed by atoms with Crippen molar-refractivity contribution in [2.75, 3.05) is 13.2 Å². The van der Waals surface area contributed by atoms with E-state index in [1.54, 1.807) is 16.8 Å². The minimum Gasteiger partial charge on any atom is -0.396 e. The summed E-state index contributed by atoms with van der Waals surface area (Å²) in [7, 11) is -3.75. The van der Waals surface area contributed by atoms with Gasteiger partial charge in [-0.15, -0.1) is 0 Å². The van der Waals surface area contributed by atoms with Gasteiger partial charge in [0.2, 0.25) is 10.0 Å². The van der Waals surface area contributed by atoms with Crippen molar-refractivity contribution in [3.05, 3.63) is 65.9 Å². The Morgan fingerprint density at radius 2 is 1.79 bits per heavy atom. The lowest BCUT2D eigenvalue weighted by Gasteiger charge is -2.09. The molecule has 0 saturated heterocycles. The lowest BCUT2D eigenvalue weighted by Crippen LogP contribution is -2.12. The minimum atomic E-state index is -3.75. The molecule has 1 heterocycles. The average Bonchev–Trinajstić information content (AvgIpc) is 3.09. The van der Waals surface area contributed by atoms with Crippen LogP contribution in [0.5, 0.6) is 0 Å². The van der Waals surface area contributed by atoms with Crippen LogP contribution in [0.3, 0.4) is 0 Å². The van der Waals surface area contributed by atoms with Gasteiger partial charge in [0, 0.05) is 18.8 Å². The van der Waals surface area contributed by atoms with Gasteiger partial charge in [0.25, 0.3) is 0 Å². The summed E-state index contributed by atoms with van der Waals surface area (Å²) >= 11 is 0. The predicted molar refractivity (Wildman–Crippen MR) is 106 cm³/mol. The zero-order valence-corrected chi connectivity index (χ0v) is 16.4. The van der Waals surface area contributed by atoms with Crippen LogP contribution in [0, 0.1) is 6.92 Å². The fourth-order valence-corrected chi connectivity index (χ4v) is 3.26. The Morgan fingerprint density at radius 3 is 2.39 bits per heavy atom. The number of rotatable bonds is 8. The second kappa shape index (κ2) is 8.66. The first-order valence-electron chi connectivity index (χ1n) is 8.86. The standard InChI is InChI=1S/C20H23N3O4S/c1-15-3-5-16(6-4-15)20-13-17(14-27-12-2-11-24)22-23(20)18-7-9-19(10-8-18)28(21,25)26/h3-10,13,24H,2,11-12,14H2,1H3,(H2,21,25,26). The van der Waals surface area contributed by atoms with E-state index in [2.05, 4.69) is 5.10 Å². The molecule has 0 aliphatic heterocycles. The normalized spacial score (nSPS) is 11.7. The molecule has 3 N–H and O–H groups in total. The van der Waals surface area contributed by atoms with E-state index in [-0.39, 0.29) is 11.5 Å². The summed E-state index contributed by atoms with van der Waals surface area (Å²) in [5.41, 5.74) is 4.45. The topological polar surface area (TPSA) is 107 Å². The van der Waals surface area contributed by atoms with Gasteiger partial charge < -0.3 is 9.84 Å². The van der Waals surface area contributed by atoms with Crippen LogP contribution in [0.1, 0.15) is 17.7 Å². The summed E-state index contributed by atoms with van der Waals surface area (Å²) in [5, 5.41) is 18.7. The smallest absolute Gasteiger partial charge is 0.238 e. The van der Waals surface area contributed by atoms with Gasteiger partial charge in [0.15, 0.2) is 0 Å². The maximum atomic E-state index is 11.5. The molecule has 8 heteroatoms. The van der Waals surface area contributed by atoms with Gasteiger partial charge in [0.05, 0.1) is 28.6 Å². The van der Waals surface area contributed by atoms with E-state index in [0.29, 0.717) is 25.3 Å². The number of nitrogens with two attached hydrogens (primary N) is 1. The van der Waals surface area contributed by atoms with Crippen LogP contribution < -0.4 is 5.14 Å². The van der Waals surface area contributed by atoms with Crippen molar-refractivity contribution in [3.8, 4) is 16.9 Å². The van der Waals surface area contributed by atoms with Crippen molar-refractivity contribution in [2.24, 2.45) is 5.14 Å². The number of aliphatic hydroxyl groups is 1. The highest BCUT2D eigenvalue weighted by Gasteiger charge is 2.14. The third-order valence-corrected chi connectivity index (χ3v) is 5.14. The first kappa shape index (κ1) is 20.2. The minimum absolute atomic E-state index is 0.0489. The summed E-state index contributed by atoms with van der Waals surface area (Å²) in [6, 6.07) is 16.3. The van der Waals surface area contributed by atoms with Crippen molar-refractivity contribution in [1.29, 1.82) is 0 Å². The maximum absolute atomic E-state index is 11.5. The number of nitrogens with zero attached hydrogens (tertiary/aromatic N) is 2. The zero-order valence-electron chi connectivity index (χ0n) is 15.6. The second-order valence-corrected chi connectivity index (χ2v) is 8.03. The molecule has 0 amide bonds. The fraction of sp³-hybridized carbons (Fsp3) is 0.250. The molecule has 0 saturated carbocycles. The first-order valence-corrected chi connectivity index (χ1v) is 10.4. The molecule has 0 aliphatic rings. The molecule has 1 aromatic heterocycles. The molecule has 3 aromatic rings. The molecule has 0 radical (unpaired) electrons. The molecule has 2 aromatic carbocycles. The van der Waals surface area contributed by atoms with Crippen LogP contribution in [0.15, 0.2) is 59.5 Å². The molecule has 28 heavy (non-hydrogen) atoms. The summed E-state index contributed by atoms with van der Waals surface area (Å²) in [5.74, 6) is 0. The van der Waals surface area contributed by atoms with Crippen LogP contribution >= 0.6 is 0 Å². The molecule has 3 rings (SSSR count). The largest absolute Gasteiger partial charge is 0.396 e. The quantitative estimate of drug-likeness (QED) is 0.564. The Labute approximate surface area is 164 Å². The number of aromatic nitrogens is 2. The monoisotopic (exact) mass is 401 g/mol. The van der Waals surface area contributed by atoms with Gasteiger partial charge in [-0.05, 0) is 43.7 Å². The fourth-order valence-electron chi connectivity index (χ4n) is 2.75. The molecule has 148 valence electrons. The van der Waals surface area contributed by atoms with Gasteiger partial charge in [-0.3, -0.25) is 0 Å². The Bertz CT molecular complexity index is 1030. The first-order chi connectivity index (χ1) is 13.4. The van der Waals surface area contributed by atoms with Crippen molar-refractivity contribution in [2.45, 2.75) is 24.8 Å². The van der Waals surface area contributed by atoms with Crippen molar-refractivity contribution < 1.29 is 18.3 Å². The molecular weight excluding hydrogens is 378 g/mol. The van der Waals surface area contributed by atoms with Gasteiger partial charge in [0.1, 0.15) is 0 Å². The molecule has 0 fully saturated rings. The number of primary sulfonamides is 1. The summed E-state index contributed by atoms with van der Waals surface area (Å²) in [6.45, 7) is 2.88. The highest BCUT2D eigenvalue weighted by atomic mass is 32.2. The Hall–Kier alpha value is -2.52. The molecule has 0 bridgehead atoms. The molecule has 0 unspecified atom stereocenters. The van der Waals surface area contributed by atoms with Crippen LogP contribution in [0.2, 0.25) is 0 Å². The van der Waals surface area contributed by atoms with E-state index in [9.17, 15) is 8.42 Å². The number of hydrogen-bond acceptors (Lipinski definition) is 5. The van der Waals surface area contributed by atoms with E-state index in [1.165, 1.54) is 12.1 Å². The van der Waals surface area contributed by atoms with Gasteiger partial charge in [-0.2, -0.15) is 5.10 Å².